The van der Waals surface area contributed by atoms with E-state index in [1.54, 1.807) is 0 Å². The number of rotatable bonds is 0. The molecule has 5 nitrogen and oxygen atoms in total. The molecule has 1 aliphatic heterocycles. The maximum atomic E-state index is 11.4. The van der Waals surface area contributed by atoms with Crippen LogP contribution in [0.5, 0.6) is 0 Å². The minimum absolute atomic E-state index is 0.134. The van der Waals surface area contributed by atoms with Crippen molar-refractivity contribution in [3.05, 3.63) is 0 Å². The summed E-state index contributed by atoms with van der Waals surface area (Å²) in [6.07, 6.45) is 1.62. The van der Waals surface area contributed by atoms with Crippen LogP contribution in [0.1, 0.15) is 12.8 Å². The molecule has 1 heterocycles. The molecule has 2 atom stereocenters. The molecule has 0 spiro atoms. The molecular weight excluding hydrogens is 175 g/mol. The minimum atomic E-state index is -0.413. The van der Waals surface area contributed by atoms with Gasteiger partial charge in [-0.2, -0.15) is 0 Å². The highest BCUT2D eigenvalue weighted by molar-refractivity contribution is 7.15. The van der Waals surface area contributed by atoms with Gasteiger partial charge in [0.15, 0.2) is 0 Å². The second-order valence-corrected chi connectivity index (χ2v) is 2.98. The Hall–Kier alpha value is -0.670. The summed E-state index contributed by atoms with van der Waals surface area (Å²) in [4.78, 5) is 12.8. The molecule has 6 heteroatoms. The first-order valence-corrected chi connectivity index (χ1v) is 4.28. The van der Waals surface area contributed by atoms with Gasteiger partial charge in [-0.1, -0.05) is 0 Å². The Balaban J connectivity index is 2.71. The van der Waals surface area contributed by atoms with Gasteiger partial charge < -0.3 is 11.5 Å². The molecule has 1 rings (SSSR count). The molecule has 0 aliphatic carbocycles. The SMILES string of the molecule is NC(=NP)N1CCCC(N)C1=O. The molecule has 1 fully saturated rings. The Morgan fingerprint density at radius 2 is 2.42 bits per heavy atom. The minimum Gasteiger partial charge on any atom is -0.369 e. The van der Waals surface area contributed by atoms with Crippen LogP contribution in [0.2, 0.25) is 0 Å². The molecule has 4 N–H and O–H groups in total. The quantitative estimate of drug-likeness (QED) is 0.292. The first kappa shape index (κ1) is 9.42. The third-order valence-corrected chi connectivity index (χ3v) is 2.15. The summed E-state index contributed by atoms with van der Waals surface area (Å²) >= 11 is 0. The van der Waals surface area contributed by atoms with Crippen LogP contribution in [-0.2, 0) is 4.79 Å². The molecule has 12 heavy (non-hydrogen) atoms. The molecule has 1 saturated heterocycles. The van der Waals surface area contributed by atoms with Crippen molar-refractivity contribution < 1.29 is 4.79 Å². The number of hydrogen-bond donors (Lipinski definition) is 2. The topological polar surface area (TPSA) is 84.7 Å². The summed E-state index contributed by atoms with van der Waals surface area (Å²) in [5.41, 5.74) is 11.0. The molecule has 0 aromatic carbocycles. The molecule has 1 amide bonds. The summed E-state index contributed by atoms with van der Waals surface area (Å²) in [7, 11) is 2.12. The summed E-state index contributed by atoms with van der Waals surface area (Å²) in [5, 5.41) is 0. The van der Waals surface area contributed by atoms with Crippen molar-refractivity contribution in [1.29, 1.82) is 0 Å². The maximum Gasteiger partial charge on any atom is 0.246 e. The van der Waals surface area contributed by atoms with Crippen LogP contribution in [0.15, 0.2) is 4.76 Å². The average Bonchev–Trinajstić information content (AvgIpc) is 2.08. The number of hydrogen-bond acceptors (Lipinski definition) is 3. The lowest BCUT2D eigenvalue weighted by Crippen LogP contribution is -2.53. The van der Waals surface area contributed by atoms with Crippen molar-refractivity contribution in [1.82, 2.24) is 4.90 Å². The van der Waals surface area contributed by atoms with Gasteiger partial charge in [0.2, 0.25) is 11.9 Å². The van der Waals surface area contributed by atoms with Crippen LogP contribution in [0.4, 0.5) is 0 Å². The number of piperidine rings is 1. The van der Waals surface area contributed by atoms with Gasteiger partial charge in [0, 0.05) is 6.54 Å². The third kappa shape index (κ3) is 1.73. The van der Waals surface area contributed by atoms with Gasteiger partial charge in [0.1, 0.15) is 0 Å². The maximum absolute atomic E-state index is 11.4. The molecule has 0 saturated carbocycles. The Morgan fingerprint density at radius 1 is 1.75 bits per heavy atom. The van der Waals surface area contributed by atoms with E-state index < -0.39 is 6.04 Å². The fourth-order valence-electron chi connectivity index (χ4n) is 1.20. The third-order valence-electron chi connectivity index (χ3n) is 1.89. The van der Waals surface area contributed by atoms with E-state index in [1.807, 2.05) is 0 Å². The Morgan fingerprint density at radius 3 is 3.00 bits per heavy atom. The van der Waals surface area contributed by atoms with Crippen LogP contribution in [-0.4, -0.2) is 29.4 Å². The fraction of sp³-hybridized carbons (Fsp3) is 0.667. The van der Waals surface area contributed by atoms with Gasteiger partial charge in [-0.05, 0) is 22.2 Å². The van der Waals surface area contributed by atoms with Crippen LogP contribution in [0.25, 0.3) is 0 Å². The van der Waals surface area contributed by atoms with E-state index in [0.29, 0.717) is 6.54 Å². The monoisotopic (exact) mass is 188 g/mol. The molecule has 2 unspecified atom stereocenters. The lowest BCUT2D eigenvalue weighted by Gasteiger charge is -2.29. The molecule has 0 bridgehead atoms. The standard InChI is InChI=1S/C6H13N4OP/c7-4-2-1-3-10(5(4)11)6(8)9-12/h4H,1-3,7,12H2,(H2,8,9). The van der Waals surface area contributed by atoms with Gasteiger partial charge in [0.25, 0.3) is 0 Å². The molecular formula is C6H13N4OP. The predicted octanol–water partition coefficient (Wildman–Crippen LogP) is -0.959. The van der Waals surface area contributed by atoms with E-state index in [2.05, 4.69) is 14.2 Å². The van der Waals surface area contributed by atoms with Crippen LogP contribution >= 0.6 is 9.39 Å². The smallest absolute Gasteiger partial charge is 0.246 e. The average molecular weight is 188 g/mol. The van der Waals surface area contributed by atoms with Crippen molar-refractivity contribution in [3.8, 4) is 0 Å². The number of carbonyl (C=O) groups is 1. The van der Waals surface area contributed by atoms with Crippen LogP contribution in [0, 0.1) is 0 Å². The first-order valence-electron chi connectivity index (χ1n) is 3.77. The van der Waals surface area contributed by atoms with Gasteiger partial charge in [-0.3, -0.25) is 9.69 Å². The van der Waals surface area contributed by atoms with E-state index >= 15 is 0 Å². The van der Waals surface area contributed by atoms with Crippen molar-refractivity contribution in [2.24, 2.45) is 16.2 Å². The Kier molecular flexibility index (Phi) is 3.00. The molecule has 0 radical (unpaired) electrons. The fourth-order valence-corrected chi connectivity index (χ4v) is 1.34. The largest absolute Gasteiger partial charge is 0.369 e. The summed E-state index contributed by atoms with van der Waals surface area (Å²) in [5.74, 6) is 0.0881. The second kappa shape index (κ2) is 3.83. The zero-order chi connectivity index (χ0) is 9.14. The molecule has 1 aliphatic rings. The van der Waals surface area contributed by atoms with Crippen LogP contribution < -0.4 is 11.5 Å². The van der Waals surface area contributed by atoms with Gasteiger partial charge in [0.05, 0.1) is 6.04 Å². The summed E-state index contributed by atoms with van der Waals surface area (Å²) in [6.45, 7) is 0.621. The number of carbonyl (C=O) groups excluding carboxylic acids is 1. The lowest BCUT2D eigenvalue weighted by atomic mass is 10.1. The highest BCUT2D eigenvalue weighted by Gasteiger charge is 2.27. The number of guanidine groups is 1. The Labute approximate surface area is 73.4 Å². The van der Waals surface area contributed by atoms with Crippen molar-refractivity contribution in [3.63, 3.8) is 0 Å². The van der Waals surface area contributed by atoms with Crippen LogP contribution in [0.3, 0.4) is 0 Å². The highest BCUT2D eigenvalue weighted by Crippen LogP contribution is 2.09. The summed E-state index contributed by atoms with van der Waals surface area (Å²) in [6, 6.07) is -0.413. The zero-order valence-corrected chi connectivity index (χ0v) is 7.89. The molecule has 68 valence electrons. The lowest BCUT2D eigenvalue weighted by molar-refractivity contribution is -0.130. The first-order chi connectivity index (χ1) is 5.66. The normalized spacial score (nSPS) is 26.2. The van der Waals surface area contributed by atoms with Crippen molar-refractivity contribution in [2.75, 3.05) is 6.54 Å². The number of nitrogens with zero attached hydrogens (tertiary/aromatic N) is 2. The number of amides is 1. The highest BCUT2D eigenvalue weighted by atomic mass is 31.0. The Bertz CT molecular complexity index is 218. The van der Waals surface area contributed by atoms with Crippen molar-refractivity contribution in [2.45, 2.75) is 18.9 Å². The van der Waals surface area contributed by atoms with Crippen molar-refractivity contribution >= 4 is 21.3 Å². The van der Waals surface area contributed by atoms with E-state index in [-0.39, 0.29) is 11.9 Å². The van der Waals surface area contributed by atoms with Gasteiger partial charge in [-0.25, -0.2) is 4.76 Å². The molecule has 0 aromatic heterocycles. The van der Waals surface area contributed by atoms with Gasteiger partial charge >= 0.3 is 0 Å². The second-order valence-electron chi connectivity index (χ2n) is 2.73. The zero-order valence-electron chi connectivity index (χ0n) is 6.73. The van der Waals surface area contributed by atoms with E-state index in [1.165, 1.54) is 4.90 Å². The van der Waals surface area contributed by atoms with E-state index in [4.69, 9.17) is 11.5 Å². The molecule has 0 aromatic rings. The van der Waals surface area contributed by atoms with Gasteiger partial charge in [-0.15, -0.1) is 0 Å². The summed E-state index contributed by atoms with van der Waals surface area (Å²) < 4.78 is 3.66. The number of nitrogens with two attached hydrogens (primary N) is 2. The number of likely N-dealkylation sites (tertiary alicyclic amines) is 1. The van der Waals surface area contributed by atoms with E-state index in [9.17, 15) is 4.79 Å². The predicted molar refractivity (Wildman–Crippen MR) is 50.3 cm³/mol. The van der Waals surface area contributed by atoms with E-state index in [0.717, 1.165) is 12.8 Å².